The number of piperidine rings is 1. The molecule has 0 saturated carbocycles. The van der Waals surface area contributed by atoms with Gasteiger partial charge in [0.25, 0.3) is 0 Å². The molecule has 1 atom stereocenters. The average molecular weight is 293 g/mol. The van der Waals surface area contributed by atoms with Crippen LogP contribution in [0.5, 0.6) is 0 Å². The van der Waals surface area contributed by atoms with Crippen LogP contribution in [0.1, 0.15) is 31.6 Å². The summed E-state index contributed by atoms with van der Waals surface area (Å²) in [7, 11) is 0. The third-order valence-corrected chi connectivity index (χ3v) is 5.11. The summed E-state index contributed by atoms with van der Waals surface area (Å²) < 4.78 is 0. The van der Waals surface area contributed by atoms with Crippen LogP contribution >= 0.6 is 11.3 Å². The number of aromatic nitrogens is 1. The topological polar surface area (TPSA) is 36.4 Å². The maximum Gasteiger partial charge on any atom is 0.232 e. The molecule has 2 aliphatic rings. The van der Waals surface area contributed by atoms with Crippen LogP contribution in [0.15, 0.2) is 11.7 Å². The lowest BCUT2D eigenvalue weighted by Gasteiger charge is -2.53. The van der Waals surface area contributed by atoms with Crippen LogP contribution in [0.4, 0.5) is 0 Å². The van der Waals surface area contributed by atoms with Gasteiger partial charge in [0.15, 0.2) is 0 Å². The summed E-state index contributed by atoms with van der Waals surface area (Å²) >= 11 is 1.63. The standard InChI is InChI=1S/C15H23N3OS/c1-12(2)7-17-5-3-4-15(9-17)10-18(14(15)19)8-13-6-16-11-20-13/h6,11-12H,3-5,7-10H2,1-2H3/t15-/m1/s1. The molecule has 0 radical (unpaired) electrons. The van der Waals surface area contributed by atoms with Gasteiger partial charge in [0.2, 0.25) is 5.91 Å². The van der Waals surface area contributed by atoms with Gasteiger partial charge in [-0.3, -0.25) is 9.78 Å². The lowest BCUT2D eigenvalue weighted by atomic mass is 9.72. The fourth-order valence-electron chi connectivity index (χ4n) is 3.59. The highest BCUT2D eigenvalue weighted by molar-refractivity contribution is 7.09. The molecule has 3 rings (SSSR count). The molecular formula is C15H23N3OS. The van der Waals surface area contributed by atoms with Crippen molar-refractivity contribution in [1.29, 1.82) is 0 Å². The summed E-state index contributed by atoms with van der Waals surface area (Å²) in [5.74, 6) is 1.04. The third-order valence-electron chi connectivity index (χ3n) is 4.34. The highest BCUT2D eigenvalue weighted by Gasteiger charge is 2.53. The molecule has 0 unspecified atom stereocenters. The summed E-state index contributed by atoms with van der Waals surface area (Å²) in [6.07, 6.45) is 4.10. The van der Waals surface area contributed by atoms with Crippen molar-refractivity contribution in [3.8, 4) is 0 Å². The zero-order valence-corrected chi connectivity index (χ0v) is 13.2. The Bertz CT molecular complexity index is 473. The van der Waals surface area contributed by atoms with Gasteiger partial charge in [-0.1, -0.05) is 13.8 Å². The number of thiazole rings is 1. The highest BCUT2D eigenvalue weighted by Crippen LogP contribution is 2.41. The molecular weight excluding hydrogens is 270 g/mol. The monoisotopic (exact) mass is 293 g/mol. The van der Waals surface area contributed by atoms with Crippen molar-refractivity contribution in [2.24, 2.45) is 11.3 Å². The molecule has 0 aromatic carbocycles. The van der Waals surface area contributed by atoms with Crippen molar-refractivity contribution in [2.45, 2.75) is 33.2 Å². The van der Waals surface area contributed by atoms with E-state index in [9.17, 15) is 4.79 Å². The minimum absolute atomic E-state index is 0.0716. The Morgan fingerprint density at radius 1 is 1.45 bits per heavy atom. The van der Waals surface area contributed by atoms with Crippen LogP contribution < -0.4 is 0 Å². The van der Waals surface area contributed by atoms with Crippen molar-refractivity contribution in [3.63, 3.8) is 0 Å². The molecule has 5 heteroatoms. The van der Waals surface area contributed by atoms with Crippen molar-refractivity contribution in [2.75, 3.05) is 26.2 Å². The van der Waals surface area contributed by atoms with Gasteiger partial charge in [-0.25, -0.2) is 0 Å². The number of hydrogen-bond acceptors (Lipinski definition) is 4. The fourth-order valence-corrected chi connectivity index (χ4v) is 4.20. The molecule has 1 amide bonds. The van der Waals surface area contributed by atoms with E-state index in [1.807, 2.05) is 16.6 Å². The van der Waals surface area contributed by atoms with E-state index in [1.165, 1.54) is 4.88 Å². The molecule has 110 valence electrons. The van der Waals surface area contributed by atoms with E-state index in [0.29, 0.717) is 11.8 Å². The lowest BCUT2D eigenvalue weighted by Crippen LogP contribution is -2.66. The second-order valence-electron chi connectivity index (χ2n) is 6.64. The summed E-state index contributed by atoms with van der Waals surface area (Å²) in [6.45, 7) is 9.41. The third kappa shape index (κ3) is 2.61. The molecule has 2 saturated heterocycles. The predicted octanol–water partition coefficient (Wildman–Crippen LogP) is 2.22. The quantitative estimate of drug-likeness (QED) is 0.799. The van der Waals surface area contributed by atoms with E-state index < -0.39 is 0 Å². The van der Waals surface area contributed by atoms with Crippen molar-refractivity contribution in [3.05, 3.63) is 16.6 Å². The fraction of sp³-hybridized carbons (Fsp3) is 0.733. The van der Waals surface area contributed by atoms with Gasteiger partial charge in [0, 0.05) is 30.7 Å². The van der Waals surface area contributed by atoms with Crippen LogP contribution in [-0.4, -0.2) is 46.9 Å². The number of carbonyl (C=O) groups excluding carboxylic acids is 1. The van der Waals surface area contributed by atoms with E-state index in [1.54, 1.807) is 11.3 Å². The van der Waals surface area contributed by atoms with Crippen molar-refractivity contribution < 1.29 is 4.79 Å². The number of carbonyl (C=O) groups is 1. The predicted molar refractivity (Wildman–Crippen MR) is 80.5 cm³/mol. The van der Waals surface area contributed by atoms with Crippen LogP contribution in [0.3, 0.4) is 0 Å². The molecule has 2 aliphatic heterocycles. The second kappa shape index (κ2) is 5.45. The van der Waals surface area contributed by atoms with E-state index in [4.69, 9.17) is 0 Å². The largest absolute Gasteiger partial charge is 0.336 e. The zero-order chi connectivity index (χ0) is 14.2. The number of likely N-dealkylation sites (tertiary alicyclic amines) is 2. The highest BCUT2D eigenvalue weighted by atomic mass is 32.1. The Kier molecular flexibility index (Phi) is 3.82. The first-order valence-corrected chi connectivity index (χ1v) is 8.36. The van der Waals surface area contributed by atoms with Crippen molar-refractivity contribution >= 4 is 17.2 Å². The molecule has 0 aliphatic carbocycles. The van der Waals surface area contributed by atoms with Gasteiger partial charge < -0.3 is 9.80 Å². The molecule has 1 spiro atoms. The van der Waals surface area contributed by atoms with Gasteiger partial charge >= 0.3 is 0 Å². The van der Waals surface area contributed by atoms with E-state index in [0.717, 1.165) is 45.6 Å². The normalized spacial score (nSPS) is 27.4. The Balaban J connectivity index is 1.59. The Hall–Kier alpha value is -0.940. The Labute approximate surface area is 124 Å². The average Bonchev–Trinajstić information content (AvgIpc) is 2.90. The molecule has 0 bridgehead atoms. The summed E-state index contributed by atoms with van der Waals surface area (Å²) in [4.78, 5) is 22.3. The lowest BCUT2D eigenvalue weighted by molar-refractivity contribution is -0.167. The number of rotatable bonds is 4. The van der Waals surface area contributed by atoms with Gasteiger partial charge in [0.1, 0.15) is 0 Å². The number of nitrogens with zero attached hydrogens (tertiary/aromatic N) is 3. The smallest absolute Gasteiger partial charge is 0.232 e. The minimum atomic E-state index is -0.0716. The van der Waals surface area contributed by atoms with Gasteiger partial charge in [-0.05, 0) is 25.3 Å². The van der Waals surface area contributed by atoms with Gasteiger partial charge in [-0.2, -0.15) is 0 Å². The van der Waals surface area contributed by atoms with Gasteiger partial charge in [0.05, 0.1) is 17.5 Å². The van der Waals surface area contributed by atoms with Crippen LogP contribution in [0, 0.1) is 11.3 Å². The van der Waals surface area contributed by atoms with Crippen LogP contribution in [-0.2, 0) is 11.3 Å². The molecule has 3 heterocycles. The van der Waals surface area contributed by atoms with E-state index in [-0.39, 0.29) is 5.41 Å². The molecule has 4 nitrogen and oxygen atoms in total. The van der Waals surface area contributed by atoms with E-state index >= 15 is 0 Å². The summed E-state index contributed by atoms with van der Waals surface area (Å²) in [5, 5.41) is 0. The second-order valence-corrected chi connectivity index (χ2v) is 7.61. The minimum Gasteiger partial charge on any atom is -0.336 e. The van der Waals surface area contributed by atoms with Crippen LogP contribution in [0.2, 0.25) is 0 Å². The Morgan fingerprint density at radius 2 is 2.30 bits per heavy atom. The summed E-state index contributed by atoms with van der Waals surface area (Å²) in [5.41, 5.74) is 1.76. The SMILES string of the molecule is CC(C)CN1CCC[C@@]2(C1)CN(Cc1cncs1)C2=O. The maximum absolute atomic E-state index is 12.6. The van der Waals surface area contributed by atoms with E-state index in [2.05, 4.69) is 23.7 Å². The maximum atomic E-state index is 12.6. The first-order chi connectivity index (χ1) is 9.59. The van der Waals surface area contributed by atoms with Gasteiger partial charge in [-0.15, -0.1) is 11.3 Å². The molecule has 2 fully saturated rings. The zero-order valence-electron chi connectivity index (χ0n) is 12.3. The Morgan fingerprint density at radius 3 is 2.95 bits per heavy atom. The number of amides is 1. The molecule has 20 heavy (non-hydrogen) atoms. The number of β-lactam (4-membered cyclic amide) rings is 1. The van der Waals surface area contributed by atoms with Crippen molar-refractivity contribution in [1.82, 2.24) is 14.8 Å². The number of hydrogen-bond donors (Lipinski definition) is 0. The molecule has 0 N–H and O–H groups in total. The summed E-state index contributed by atoms with van der Waals surface area (Å²) in [6, 6.07) is 0. The van der Waals surface area contributed by atoms with Crippen LogP contribution in [0.25, 0.3) is 0 Å². The first kappa shape index (κ1) is 14.0. The first-order valence-electron chi connectivity index (χ1n) is 7.48. The molecule has 1 aromatic rings. The molecule has 1 aromatic heterocycles.